The lowest BCUT2D eigenvalue weighted by Crippen LogP contribution is -2.43. The number of carbonyl (C=O) groups is 1. The Hall–Kier alpha value is -1.06. The summed E-state index contributed by atoms with van der Waals surface area (Å²) >= 11 is 0. The number of nitrogens with two attached hydrogens (primary N) is 1. The van der Waals surface area contributed by atoms with Gasteiger partial charge in [0.25, 0.3) is 0 Å². The zero-order valence-electron chi connectivity index (χ0n) is 13.9. The van der Waals surface area contributed by atoms with Gasteiger partial charge < -0.3 is 11.1 Å². The molecule has 0 saturated heterocycles. The molecule has 3 unspecified atom stereocenters. The quantitative estimate of drug-likeness (QED) is 0.892. The number of benzene rings is 1. The lowest BCUT2D eigenvalue weighted by Gasteiger charge is -2.34. The van der Waals surface area contributed by atoms with Gasteiger partial charge in [0.1, 0.15) is 0 Å². The third kappa shape index (κ3) is 5.33. The number of nitrogens with one attached hydrogen (secondary N) is 1. The van der Waals surface area contributed by atoms with Crippen LogP contribution in [0.3, 0.4) is 0 Å². The number of aryl methyl sites for hydroxylation is 1. The molecule has 0 radical (unpaired) electrons. The van der Waals surface area contributed by atoms with Crippen molar-refractivity contribution in [2.24, 2.45) is 17.1 Å². The van der Waals surface area contributed by atoms with Crippen molar-refractivity contribution in [3.8, 4) is 0 Å². The minimum Gasteiger partial charge on any atom is -0.348 e. The van der Waals surface area contributed by atoms with Gasteiger partial charge in [-0.1, -0.05) is 52.0 Å². The van der Waals surface area contributed by atoms with Gasteiger partial charge in [0.05, 0.1) is 6.04 Å². The monoisotopic (exact) mass is 312 g/mol. The molecule has 0 fully saturated rings. The third-order valence-electron chi connectivity index (χ3n) is 3.85. The van der Waals surface area contributed by atoms with Gasteiger partial charge in [0.2, 0.25) is 5.91 Å². The van der Waals surface area contributed by atoms with E-state index in [2.05, 4.69) is 45.1 Å². The molecule has 0 aliphatic carbocycles. The van der Waals surface area contributed by atoms with Crippen LogP contribution < -0.4 is 11.1 Å². The maximum atomic E-state index is 12.3. The second kappa shape index (κ2) is 7.81. The molecule has 4 heteroatoms. The predicted octanol–water partition coefficient (Wildman–Crippen LogP) is 3.60. The molecular formula is C17H29ClN2O. The predicted molar refractivity (Wildman–Crippen MR) is 91.6 cm³/mol. The van der Waals surface area contributed by atoms with Gasteiger partial charge in [-0.15, -0.1) is 12.4 Å². The molecule has 0 bridgehead atoms. The molecule has 0 heterocycles. The Morgan fingerprint density at radius 1 is 1.19 bits per heavy atom. The van der Waals surface area contributed by atoms with Crippen LogP contribution in [-0.2, 0) is 4.79 Å². The third-order valence-corrected chi connectivity index (χ3v) is 3.85. The molecule has 1 amide bonds. The highest BCUT2D eigenvalue weighted by atomic mass is 35.5. The SMILES string of the molecule is Cc1ccccc1C(NC(=O)C(C)C(C)N)C(C)(C)C.Cl. The van der Waals surface area contributed by atoms with Gasteiger partial charge in [-0.3, -0.25) is 4.79 Å². The van der Waals surface area contributed by atoms with E-state index < -0.39 is 0 Å². The second-order valence-electron chi connectivity index (χ2n) is 6.81. The minimum atomic E-state index is -0.191. The van der Waals surface area contributed by atoms with E-state index in [9.17, 15) is 4.79 Å². The number of hydrogen-bond donors (Lipinski definition) is 2. The molecule has 1 aromatic rings. The first-order valence-electron chi connectivity index (χ1n) is 7.26. The van der Waals surface area contributed by atoms with Crippen LogP contribution in [0, 0.1) is 18.3 Å². The second-order valence-corrected chi connectivity index (χ2v) is 6.81. The highest BCUT2D eigenvalue weighted by Gasteiger charge is 2.30. The highest BCUT2D eigenvalue weighted by Crippen LogP contribution is 2.34. The van der Waals surface area contributed by atoms with E-state index >= 15 is 0 Å². The van der Waals surface area contributed by atoms with Gasteiger partial charge in [-0.25, -0.2) is 0 Å². The van der Waals surface area contributed by atoms with E-state index in [4.69, 9.17) is 5.73 Å². The Balaban J connectivity index is 0.00000400. The fraction of sp³-hybridized carbons (Fsp3) is 0.588. The molecule has 1 rings (SSSR count). The Kier molecular flexibility index (Phi) is 7.41. The standard InChI is InChI=1S/C17H28N2O.ClH/c1-11-9-7-8-10-14(11)15(17(4,5)6)19-16(20)12(2)13(3)18;/h7-10,12-13,15H,18H2,1-6H3,(H,19,20);1H. The van der Waals surface area contributed by atoms with Gasteiger partial charge in [0.15, 0.2) is 0 Å². The van der Waals surface area contributed by atoms with Gasteiger partial charge >= 0.3 is 0 Å². The van der Waals surface area contributed by atoms with E-state index in [0.717, 1.165) is 0 Å². The van der Waals surface area contributed by atoms with Crippen molar-refractivity contribution in [3.63, 3.8) is 0 Å². The van der Waals surface area contributed by atoms with Crippen LogP contribution in [-0.4, -0.2) is 11.9 Å². The highest BCUT2D eigenvalue weighted by molar-refractivity contribution is 5.85. The van der Waals surface area contributed by atoms with Crippen LogP contribution in [0.1, 0.15) is 51.8 Å². The molecule has 3 nitrogen and oxygen atoms in total. The van der Waals surface area contributed by atoms with Crippen LogP contribution in [0.25, 0.3) is 0 Å². The molecule has 3 N–H and O–H groups in total. The average molecular weight is 313 g/mol. The summed E-state index contributed by atoms with van der Waals surface area (Å²) in [5.41, 5.74) is 8.14. The van der Waals surface area contributed by atoms with E-state index in [-0.39, 0.29) is 41.7 Å². The first-order valence-corrected chi connectivity index (χ1v) is 7.26. The van der Waals surface area contributed by atoms with E-state index in [1.54, 1.807) is 0 Å². The zero-order chi connectivity index (χ0) is 15.5. The van der Waals surface area contributed by atoms with E-state index in [1.807, 2.05) is 26.0 Å². The summed E-state index contributed by atoms with van der Waals surface area (Å²) < 4.78 is 0. The van der Waals surface area contributed by atoms with Crippen molar-refractivity contribution in [1.82, 2.24) is 5.32 Å². The normalized spacial score (nSPS) is 15.6. The fourth-order valence-corrected chi connectivity index (χ4v) is 2.18. The van der Waals surface area contributed by atoms with Crippen molar-refractivity contribution in [2.45, 2.75) is 53.6 Å². The van der Waals surface area contributed by atoms with Gasteiger partial charge in [-0.2, -0.15) is 0 Å². The van der Waals surface area contributed by atoms with Crippen LogP contribution >= 0.6 is 12.4 Å². The summed E-state index contributed by atoms with van der Waals surface area (Å²) in [5.74, 6) is -0.174. The Labute approximate surface area is 135 Å². The van der Waals surface area contributed by atoms with Crippen LogP contribution in [0.2, 0.25) is 0 Å². The summed E-state index contributed by atoms with van der Waals surface area (Å²) in [4.78, 5) is 12.3. The number of amides is 1. The Bertz CT molecular complexity index is 466. The van der Waals surface area contributed by atoms with Crippen molar-refractivity contribution in [3.05, 3.63) is 35.4 Å². The number of carbonyl (C=O) groups excluding carboxylic acids is 1. The van der Waals surface area contributed by atoms with Gasteiger partial charge in [0, 0.05) is 12.0 Å². The first kappa shape index (κ1) is 19.9. The van der Waals surface area contributed by atoms with Crippen molar-refractivity contribution in [2.75, 3.05) is 0 Å². The summed E-state index contributed by atoms with van der Waals surface area (Å²) in [7, 11) is 0. The number of halogens is 1. The minimum absolute atomic E-state index is 0. The summed E-state index contributed by atoms with van der Waals surface area (Å²) in [6, 6.07) is 8.04. The van der Waals surface area contributed by atoms with E-state index in [1.165, 1.54) is 11.1 Å². The van der Waals surface area contributed by atoms with Crippen molar-refractivity contribution < 1.29 is 4.79 Å². The fourth-order valence-electron chi connectivity index (χ4n) is 2.18. The largest absolute Gasteiger partial charge is 0.348 e. The molecule has 0 aliphatic rings. The molecule has 1 aromatic carbocycles. The maximum Gasteiger partial charge on any atom is 0.224 e. The molecule has 0 aromatic heterocycles. The lowest BCUT2D eigenvalue weighted by atomic mass is 9.80. The average Bonchev–Trinajstić information content (AvgIpc) is 2.34. The first-order chi connectivity index (χ1) is 9.14. The van der Waals surface area contributed by atoms with Gasteiger partial charge in [-0.05, 0) is 30.4 Å². The van der Waals surface area contributed by atoms with Crippen molar-refractivity contribution in [1.29, 1.82) is 0 Å². The number of rotatable bonds is 4. The van der Waals surface area contributed by atoms with E-state index in [0.29, 0.717) is 0 Å². The van der Waals surface area contributed by atoms with Crippen LogP contribution in [0.15, 0.2) is 24.3 Å². The topological polar surface area (TPSA) is 55.1 Å². The summed E-state index contributed by atoms with van der Waals surface area (Å²) in [6.07, 6.45) is 0. The molecule has 0 spiro atoms. The molecule has 0 aliphatic heterocycles. The maximum absolute atomic E-state index is 12.3. The van der Waals surface area contributed by atoms with Crippen LogP contribution in [0.5, 0.6) is 0 Å². The zero-order valence-corrected chi connectivity index (χ0v) is 14.8. The van der Waals surface area contributed by atoms with Crippen molar-refractivity contribution >= 4 is 18.3 Å². The lowest BCUT2D eigenvalue weighted by molar-refractivity contribution is -0.126. The molecular weight excluding hydrogens is 284 g/mol. The summed E-state index contributed by atoms with van der Waals surface area (Å²) in [5, 5.41) is 3.18. The Morgan fingerprint density at radius 2 is 1.71 bits per heavy atom. The molecule has 120 valence electrons. The summed E-state index contributed by atoms with van der Waals surface area (Å²) in [6.45, 7) is 12.2. The number of hydrogen-bond acceptors (Lipinski definition) is 2. The molecule has 21 heavy (non-hydrogen) atoms. The smallest absolute Gasteiger partial charge is 0.224 e. The molecule has 0 saturated carbocycles. The van der Waals surface area contributed by atoms with Crippen LogP contribution in [0.4, 0.5) is 0 Å². The Morgan fingerprint density at radius 3 is 2.14 bits per heavy atom. The molecule has 3 atom stereocenters.